The Kier molecular flexibility index (Phi) is 5.01. The van der Waals surface area contributed by atoms with Crippen LogP contribution in [0.5, 0.6) is 0 Å². The van der Waals surface area contributed by atoms with Gasteiger partial charge in [-0.1, -0.05) is 0 Å². The maximum absolute atomic E-state index is 10.9. The molecule has 2 unspecified atom stereocenters. The number of carbonyl (C=O) groups is 1. The molecule has 1 heterocycles. The molecule has 1 aliphatic rings. The second-order valence-electron chi connectivity index (χ2n) is 3.84. The van der Waals surface area contributed by atoms with Crippen molar-refractivity contribution in [2.24, 2.45) is 0 Å². The van der Waals surface area contributed by atoms with Crippen LogP contribution in [0.4, 0.5) is 0 Å². The first-order valence-corrected chi connectivity index (χ1v) is 6.44. The van der Waals surface area contributed by atoms with Crippen LogP contribution in [0.15, 0.2) is 0 Å². The molecule has 0 bridgehead atoms. The lowest BCUT2D eigenvalue weighted by atomic mass is 9.98. The van der Waals surface area contributed by atoms with Crippen molar-refractivity contribution >= 4 is 16.3 Å². The van der Waals surface area contributed by atoms with Crippen molar-refractivity contribution in [2.75, 3.05) is 13.2 Å². The van der Waals surface area contributed by atoms with Crippen LogP contribution in [0, 0.1) is 0 Å². The zero-order valence-corrected chi connectivity index (χ0v) is 10.3. The molecule has 1 aliphatic heterocycles. The lowest BCUT2D eigenvalue weighted by molar-refractivity contribution is -0.156. The summed E-state index contributed by atoms with van der Waals surface area (Å²) in [6.07, 6.45) is -4.07. The first-order chi connectivity index (χ1) is 8.24. The summed E-state index contributed by atoms with van der Waals surface area (Å²) in [6.45, 7) is 0.491. The van der Waals surface area contributed by atoms with Crippen LogP contribution in [0.1, 0.15) is 6.92 Å². The van der Waals surface area contributed by atoms with E-state index in [1.807, 2.05) is 0 Å². The van der Waals surface area contributed by atoms with Crippen molar-refractivity contribution in [3.63, 3.8) is 0 Å². The molecule has 106 valence electrons. The van der Waals surface area contributed by atoms with Crippen molar-refractivity contribution in [2.45, 2.75) is 31.3 Å². The monoisotopic (exact) mass is 285 g/mol. The number of hydrogen-bond acceptors (Lipinski definition) is 7. The van der Waals surface area contributed by atoms with Crippen LogP contribution in [-0.4, -0.2) is 66.7 Å². The zero-order chi connectivity index (χ0) is 13.9. The first-order valence-electron chi connectivity index (χ1n) is 5.08. The molecule has 1 saturated heterocycles. The topological polar surface area (TPSA) is 142 Å². The van der Waals surface area contributed by atoms with Gasteiger partial charge in [0.15, 0.2) is 0 Å². The molecule has 4 atom stereocenters. The van der Waals surface area contributed by atoms with Gasteiger partial charge in [0.1, 0.15) is 18.3 Å². The summed E-state index contributed by atoms with van der Waals surface area (Å²) < 4.78 is 39.1. The van der Waals surface area contributed by atoms with Gasteiger partial charge < -0.3 is 20.3 Å². The number of ether oxygens (including phenoxy) is 1. The molecule has 1 fully saturated rings. The fraction of sp³-hybridized carbons (Fsp3) is 0.875. The van der Waals surface area contributed by atoms with Crippen molar-refractivity contribution in [3.05, 3.63) is 0 Å². The minimum Gasteiger partial charge on any atom is -0.394 e. The number of aliphatic hydroxyl groups is 2. The Balaban J connectivity index is 2.82. The number of rotatable bonds is 4. The fourth-order valence-corrected chi connectivity index (χ4v) is 2.19. The molecular weight excluding hydrogens is 270 g/mol. The van der Waals surface area contributed by atoms with Crippen LogP contribution in [0.25, 0.3) is 0 Å². The molecule has 0 spiro atoms. The highest BCUT2D eigenvalue weighted by atomic mass is 32.3. The normalized spacial score (nSPS) is 33.1. The summed E-state index contributed by atoms with van der Waals surface area (Å²) >= 11 is 0. The summed E-state index contributed by atoms with van der Waals surface area (Å²) in [4.78, 5) is 10.9. The lowest BCUT2D eigenvalue weighted by Crippen LogP contribution is -2.60. The Morgan fingerprint density at radius 2 is 2.17 bits per heavy atom. The summed E-state index contributed by atoms with van der Waals surface area (Å²) in [5.41, 5.74) is 0. The molecule has 10 heteroatoms. The number of carbonyl (C=O) groups excluding carboxylic acids is 1. The smallest absolute Gasteiger partial charge is 0.394 e. The van der Waals surface area contributed by atoms with E-state index in [-0.39, 0.29) is 6.61 Å². The van der Waals surface area contributed by atoms with E-state index in [2.05, 4.69) is 9.50 Å². The highest BCUT2D eigenvalue weighted by Gasteiger charge is 2.42. The van der Waals surface area contributed by atoms with E-state index in [0.29, 0.717) is 0 Å². The molecule has 18 heavy (non-hydrogen) atoms. The van der Waals surface area contributed by atoms with Crippen LogP contribution in [0.3, 0.4) is 0 Å². The van der Waals surface area contributed by atoms with Gasteiger partial charge in [0.2, 0.25) is 5.91 Å². The summed E-state index contributed by atoms with van der Waals surface area (Å²) in [7, 11) is -4.82. The summed E-state index contributed by atoms with van der Waals surface area (Å²) in [5, 5.41) is 21.1. The van der Waals surface area contributed by atoms with Crippen LogP contribution in [0.2, 0.25) is 0 Å². The average molecular weight is 285 g/mol. The Morgan fingerprint density at radius 3 is 2.61 bits per heavy atom. The van der Waals surface area contributed by atoms with E-state index >= 15 is 0 Å². The molecule has 0 aromatic rings. The van der Waals surface area contributed by atoms with Crippen molar-refractivity contribution in [3.8, 4) is 0 Å². The Morgan fingerprint density at radius 1 is 1.56 bits per heavy atom. The van der Waals surface area contributed by atoms with Gasteiger partial charge in [-0.3, -0.25) is 9.35 Å². The molecule has 0 aliphatic carbocycles. The van der Waals surface area contributed by atoms with Crippen molar-refractivity contribution in [1.82, 2.24) is 5.32 Å². The maximum atomic E-state index is 10.9. The molecule has 0 saturated carbocycles. The number of nitrogens with one attached hydrogen (secondary N) is 1. The standard InChI is InChI=1S/C8H15NO8S/c1-4(11)9-5-3-16-6(2-10)8(7(5)12)17-18(13,14)15/h5-8,10,12H,2-3H2,1H3,(H,9,11)(H,13,14,15)/t5?,6?,7-,8+/m1/s1. The Hall–Kier alpha value is -0.780. The molecule has 1 rings (SSSR count). The molecular formula is C8H15NO8S. The maximum Gasteiger partial charge on any atom is 0.397 e. The van der Waals surface area contributed by atoms with Crippen molar-refractivity contribution in [1.29, 1.82) is 0 Å². The van der Waals surface area contributed by atoms with E-state index in [9.17, 15) is 18.3 Å². The zero-order valence-electron chi connectivity index (χ0n) is 9.51. The molecule has 1 amide bonds. The van der Waals surface area contributed by atoms with E-state index in [4.69, 9.17) is 14.4 Å². The molecule has 9 nitrogen and oxygen atoms in total. The van der Waals surface area contributed by atoms with Crippen LogP contribution >= 0.6 is 0 Å². The van der Waals surface area contributed by atoms with Crippen LogP contribution < -0.4 is 5.32 Å². The quantitative estimate of drug-likeness (QED) is 0.413. The summed E-state index contributed by atoms with van der Waals surface area (Å²) in [5.74, 6) is -0.448. The minimum absolute atomic E-state index is 0.114. The second kappa shape index (κ2) is 5.91. The molecule has 0 radical (unpaired) electrons. The highest BCUT2D eigenvalue weighted by Crippen LogP contribution is 2.20. The third-order valence-corrected chi connectivity index (χ3v) is 2.87. The predicted molar refractivity (Wildman–Crippen MR) is 56.9 cm³/mol. The van der Waals surface area contributed by atoms with E-state index < -0.39 is 47.3 Å². The van der Waals surface area contributed by atoms with Gasteiger partial charge in [-0.15, -0.1) is 0 Å². The van der Waals surface area contributed by atoms with E-state index in [0.717, 1.165) is 0 Å². The summed E-state index contributed by atoms with van der Waals surface area (Å²) in [6, 6.07) is -0.892. The second-order valence-corrected chi connectivity index (χ2v) is 4.89. The average Bonchev–Trinajstić information content (AvgIpc) is 2.22. The van der Waals surface area contributed by atoms with Gasteiger partial charge in [-0.05, 0) is 0 Å². The van der Waals surface area contributed by atoms with Gasteiger partial charge in [-0.2, -0.15) is 8.42 Å². The van der Waals surface area contributed by atoms with Gasteiger partial charge in [-0.25, -0.2) is 4.18 Å². The first kappa shape index (κ1) is 15.3. The SMILES string of the molecule is CC(=O)NC1COC(CO)[C@H](OS(=O)(=O)O)[C@@H]1O. The number of hydrogen-bond donors (Lipinski definition) is 4. The van der Waals surface area contributed by atoms with Crippen LogP contribution in [-0.2, 0) is 24.1 Å². The van der Waals surface area contributed by atoms with E-state index in [1.54, 1.807) is 0 Å². The van der Waals surface area contributed by atoms with Gasteiger partial charge in [0.05, 0.1) is 19.3 Å². The fourth-order valence-electron chi connectivity index (χ4n) is 1.67. The predicted octanol–water partition coefficient (Wildman–Crippen LogP) is -2.57. The number of amides is 1. The third kappa shape index (κ3) is 4.15. The van der Waals surface area contributed by atoms with Gasteiger partial charge in [0, 0.05) is 6.92 Å². The van der Waals surface area contributed by atoms with Gasteiger partial charge in [0.25, 0.3) is 0 Å². The molecule has 0 aromatic carbocycles. The van der Waals surface area contributed by atoms with E-state index in [1.165, 1.54) is 6.92 Å². The molecule has 4 N–H and O–H groups in total. The largest absolute Gasteiger partial charge is 0.397 e. The minimum atomic E-state index is -4.82. The third-order valence-electron chi connectivity index (χ3n) is 2.41. The lowest BCUT2D eigenvalue weighted by Gasteiger charge is -2.38. The highest BCUT2D eigenvalue weighted by molar-refractivity contribution is 7.80. The number of aliphatic hydroxyl groups excluding tert-OH is 2. The van der Waals surface area contributed by atoms with Gasteiger partial charge >= 0.3 is 10.4 Å². The Bertz CT molecular complexity index is 396. The molecule has 0 aromatic heterocycles. The van der Waals surface area contributed by atoms with Crippen molar-refractivity contribution < 1.29 is 36.9 Å². The Labute approximate surface area is 104 Å².